The lowest BCUT2D eigenvalue weighted by Crippen LogP contribution is -2.38. The fourth-order valence-electron chi connectivity index (χ4n) is 3.48. The van der Waals surface area contributed by atoms with Gasteiger partial charge in [-0.3, -0.25) is 9.59 Å². The summed E-state index contributed by atoms with van der Waals surface area (Å²) in [5.74, 6) is 1.22. The number of benzene rings is 2. The maximum Gasteiger partial charge on any atom is 0.232 e. The molecule has 154 valence electrons. The molecule has 6 nitrogen and oxygen atoms in total. The summed E-state index contributed by atoms with van der Waals surface area (Å²) < 4.78 is 10.5. The fraction of sp³-hybridized carbons (Fsp3) is 0.391. The van der Waals surface area contributed by atoms with E-state index in [1.807, 2.05) is 49.9 Å². The number of hydrogen-bond acceptors (Lipinski definition) is 4. The summed E-state index contributed by atoms with van der Waals surface area (Å²) in [6.45, 7) is 6.46. The van der Waals surface area contributed by atoms with E-state index in [1.165, 1.54) is 0 Å². The summed E-state index contributed by atoms with van der Waals surface area (Å²) >= 11 is 0. The van der Waals surface area contributed by atoms with Crippen molar-refractivity contribution in [2.24, 2.45) is 5.41 Å². The molecule has 0 radical (unpaired) electrons. The third-order valence-corrected chi connectivity index (χ3v) is 4.96. The van der Waals surface area contributed by atoms with Crippen LogP contribution in [0.1, 0.15) is 31.9 Å². The molecule has 29 heavy (non-hydrogen) atoms. The first-order valence-corrected chi connectivity index (χ1v) is 9.68. The van der Waals surface area contributed by atoms with Crippen molar-refractivity contribution in [1.29, 1.82) is 0 Å². The molecule has 3 rings (SSSR count). The zero-order valence-electron chi connectivity index (χ0n) is 17.7. The quantitative estimate of drug-likeness (QED) is 0.834. The summed E-state index contributed by atoms with van der Waals surface area (Å²) in [6.07, 6.45) is 1.02. The molecule has 1 N–H and O–H groups in total. The highest BCUT2D eigenvalue weighted by Gasteiger charge is 2.32. The van der Waals surface area contributed by atoms with Crippen LogP contribution in [0.25, 0.3) is 0 Å². The monoisotopic (exact) mass is 396 g/mol. The maximum absolute atomic E-state index is 12.6. The average molecular weight is 396 g/mol. The second-order valence-corrected chi connectivity index (χ2v) is 8.21. The van der Waals surface area contributed by atoms with E-state index in [9.17, 15) is 9.59 Å². The number of rotatable bonds is 5. The van der Waals surface area contributed by atoms with E-state index in [2.05, 4.69) is 5.32 Å². The molecule has 1 aliphatic rings. The van der Waals surface area contributed by atoms with Gasteiger partial charge in [0.2, 0.25) is 11.8 Å². The Morgan fingerprint density at radius 2 is 1.76 bits per heavy atom. The van der Waals surface area contributed by atoms with Crippen LogP contribution in [0.3, 0.4) is 0 Å². The van der Waals surface area contributed by atoms with Crippen molar-refractivity contribution in [1.82, 2.24) is 0 Å². The van der Waals surface area contributed by atoms with E-state index in [0.29, 0.717) is 18.0 Å². The van der Waals surface area contributed by atoms with Gasteiger partial charge in [-0.2, -0.15) is 0 Å². The molecule has 2 aromatic carbocycles. The SMILES string of the molecule is COc1ccc(CC(=O)Nc2ccc3c(c2)CCN3C(=O)C(C)(C)C)cc1OC. The third-order valence-electron chi connectivity index (χ3n) is 4.96. The van der Waals surface area contributed by atoms with Gasteiger partial charge in [0.15, 0.2) is 11.5 Å². The second-order valence-electron chi connectivity index (χ2n) is 8.21. The molecule has 2 aromatic rings. The number of carbonyl (C=O) groups excluding carboxylic acids is 2. The van der Waals surface area contributed by atoms with E-state index in [4.69, 9.17) is 9.47 Å². The minimum Gasteiger partial charge on any atom is -0.493 e. The Morgan fingerprint density at radius 3 is 2.41 bits per heavy atom. The maximum atomic E-state index is 12.6. The zero-order valence-corrected chi connectivity index (χ0v) is 17.7. The number of amides is 2. The normalized spacial score (nSPS) is 13.1. The van der Waals surface area contributed by atoms with Crippen LogP contribution in [0, 0.1) is 5.41 Å². The first-order chi connectivity index (χ1) is 13.7. The third kappa shape index (κ3) is 4.53. The molecule has 0 aromatic heterocycles. The Bertz CT molecular complexity index is 931. The van der Waals surface area contributed by atoms with E-state index in [-0.39, 0.29) is 18.2 Å². The minimum atomic E-state index is -0.423. The van der Waals surface area contributed by atoms with Gasteiger partial charge in [-0.15, -0.1) is 0 Å². The van der Waals surface area contributed by atoms with Gasteiger partial charge in [-0.05, 0) is 47.9 Å². The molecule has 0 spiro atoms. The molecule has 1 heterocycles. The molecule has 6 heteroatoms. The number of nitrogens with zero attached hydrogens (tertiary/aromatic N) is 1. The van der Waals surface area contributed by atoms with E-state index < -0.39 is 5.41 Å². The van der Waals surface area contributed by atoms with Crippen molar-refractivity contribution < 1.29 is 19.1 Å². The summed E-state index contributed by atoms with van der Waals surface area (Å²) in [5, 5.41) is 2.95. The number of nitrogens with one attached hydrogen (secondary N) is 1. The minimum absolute atomic E-state index is 0.112. The predicted molar refractivity (Wildman–Crippen MR) is 114 cm³/mol. The average Bonchev–Trinajstić information content (AvgIpc) is 3.09. The lowest BCUT2D eigenvalue weighted by atomic mass is 9.94. The van der Waals surface area contributed by atoms with Gasteiger partial charge < -0.3 is 19.7 Å². The number of methoxy groups -OCH3 is 2. The molecule has 2 amide bonds. The van der Waals surface area contributed by atoms with Crippen LogP contribution in [-0.4, -0.2) is 32.6 Å². The molecule has 0 fully saturated rings. The fourth-order valence-corrected chi connectivity index (χ4v) is 3.48. The van der Waals surface area contributed by atoms with Gasteiger partial charge in [0.05, 0.1) is 20.6 Å². The van der Waals surface area contributed by atoms with Crippen LogP contribution >= 0.6 is 0 Å². The van der Waals surface area contributed by atoms with Crippen molar-refractivity contribution in [2.75, 3.05) is 31.0 Å². The number of ether oxygens (including phenoxy) is 2. The number of fused-ring (bicyclic) bond motifs is 1. The van der Waals surface area contributed by atoms with E-state index >= 15 is 0 Å². The highest BCUT2D eigenvalue weighted by molar-refractivity contribution is 5.99. The number of carbonyl (C=O) groups is 2. The molecule has 0 saturated heterocycles. The van der Waals surface area contributed by atoms with Crippen molar-refractivity contribution in [2.45, 2.75) is 33.6 Å². The Labute approximate surface area is 171 Å². The lowest BCUT2D eigenvalue weighted by molar-refractivity contribution is -0.125. The molecular formula is C23H28N2O4. The molecular weight excluding hydrogens is 368 g/mol. The summed E-state index contributed by atoms with van der Waals surface area (Å²) in [4.78, 5) is 27.0. The van der Waals surface area contributed by atoms with Crippen molar-refractivity contribution in [3.63, 3.8) is 0 Å². The molecule has 0 bridgehead atoms. The van der Waals surface area contributed by atoms with Crippen LogP contribution in [0.4, 0.5) is 11.4 Å². The van der Waals surface area contributed by atoms with Gasteiger partial charge in [0, 0.05) is 23.3 Å². The van der Waals surface area contributed by atoms with Crippen LogP contribution in [0.15, 0.2) is 36.4 Å². The Morgan fingerprint density at radius 1 is 1.03 bits per heavy atom. The van der Waals surface area contributed by atoms with Crippen LogP contribution in [0.2, 0.25) is 0 Å². The number of anilines is 2. The number of hydrogen-bond donors (Lipinski definition) is 1. The van der Waals surface area contributed by atoms with Gasteiger partial charge in [-0.25, -0.2) is 0 Å². The van der Waals surface area contributed by atoms with Crippen LogP contribution in [-0.2, 0) is 22.4 Å². The smallest absolute Gasteiger partial charge is 0.232 e. The van der Waals surface area contributed by atoms with Gasteiger partial charge >= 0.3 is 0 Å². The van der Waals surface area contributed by atoms with E-state index in [1.54, 1.807) is 26.4 Å². The van der Waals surface area contributed by atoms with Crippen molar-refractivity contribution in [3.8, 4) is 11.5 Å². The van der Waals surface area contributed by atoms with Crippen LogP contribution in [0.5, 0.6) is 11.5 Å². The largest absolute Gasteiger partial charge is 0.493 e. The summed E-state index contributed by atoms with van der Waals surface area (Å²) in [7, 11) is 3.15. The Hall–Kier alpha value is -3.02. The van der Waals surface area contributed by atoms with E-state index in [0.717, 1.165) is 28.9 Å². The Kier molecular flexibility index (Phi) is 5.82. The summed E-state index contributed by atoms with van der Waals surface area (Å²) in [5.41, 5.74) is 3.16. The highest BCUT2D eigenvalue weighted by Crippen LogP contribution is 2.34. The second kappa shape index (κ2) is 8.15. The predicted octanol–water partition coefficient (Wildman–Crippen LogP) is 3.82. The first kappa shape index (κ1) is 20.7. The van der Waals surface area contributed by atoms with Crippen molar-refractivity contribution >= 4 is 23.2 Å². The molecule has 0 atom stereocenters. The van der Waals surface area contributed by atoms with Crippen LogP contribution < -0.4 is 19.7 Å². The van der Waals surface area contributed by atoms with Gasteiger partial charge in [0.1, 0.15) is 0 Å². The highest BCUT2D eigenvalue weighted by atomic mass is 16.5. The topological polar surface area (TPSA) is 67.9 Å². The van der Waals surface area contributed by atoms with Gasteiger partial charge in [0.25, 0.3) is 0 Å². The molecule has 0 unspecified atom stereocenters. The lowest BCUT2D eigenvalue weighted by Gasteiger charge is -2.26. The summed E-state index contributed by atoms with van der Waals surface area (Å²) in [6, 6.07) is 11.2. The Balaban J connectivity index is 1.69. The zero-order chi connectivity index (χ0) is 21.2. The molecule has 1 aliphatic heterocycles. The first-order valence-electron chi connectivity index (χ1n) is 9.68. The standard InChI is InChI=1S/C23H28N2O4/c1-23(2,3)22(27)25-11-10-16-14-17(7-8-18(16)25)24-21(26)13-15-6-9-19(28-4)20(12-15)29-5/h6-9,12,14H,10-11,13H2,1-5H3,(H,24,26). The molecule has 0 saturated carbocycles. The molecule has 0 aliphatic carbocycles. The van der Waals surface area contributed by atoms with Gasteiger partial charge in [-0.1, -0.05) is 26.8 Å². The van der Waals surface area contributed by atoms with Crippen molar-refractivity contribution in [3.05, 3.63) is 47.5 Å².